The average molecular weight is 252 g/mol. The van der Waals surface area contributed by atoms with Crippen LogP contribution in [0.15, 0.2) is 41.3 Å². The second-order valence-electron chi connectivity index (χ2n) is 3.11. The molecule has 1 N–H and O–H groups in total. The number of ketones is 1. The Kier molecular flexibility index (Phi) is 5.45. The fourth-order valence-corrected chi connectivity index (χ4v) is 1.67. The van der Waals surface area contributed by atoms with Crippen molar-refractivity contribution in [3.63, 3.8) is 0 Å². The Morgan fingerprint density at radius 3 is 2.47 bits per heavy atom. The number of carboxylic acid groups (broad SMARTS) is 1. The Bertz CT molecular complexity index is 423. The summed E-state index contributed by atoms with van der Waals surface area (Å²) in [5.74, 6) is -0.909. The molecular formula is C12H12O4S. The van der Waals surface area contributed by atoms with Crippen LogP contribution in [0.4, 0.5) is 0 Å². The Morgan fingerprint density at radius 1 is 1.29 bits per heavy atom. The lowest BCUT2D eigenvalue weighted by atomic mass is 10.1. The van der Waals surface area contributed by atoms with Crippen LogP contribution in [0.3, 0.4) is 0 Å². The predicted molar refractivity (Wildman–Crippen MR) is 65.3 cm³/mol. The molecule has 0 aromatic heterocycles. The third-order valence-electron chi connectivity index (χ3n) is 1.86. The van der Waals surface area contributed by atoms with Gasteiger partial charge >= 0.3 is 5.97 Å². The van der Waals surface area contributed by atoms with E-state index < -0.39 is 5.97 Å². The number of benzene rings is 1. The van der Waals surface area contributed by atoms with E-state index in [1.54, 1.807) is 31.4 Å². The number of methoxy groups -OCH3 is 1. The van der Waals surface area contributed by atoms with E-state index in [0.717, 1.165) is 17.0 Å². The lowest BCUT2D eigenvalue weighted by Gasteiger charge is -2.01. The first-order valence-corrected chi connectivity index (χ1v) is 5.79. The van der Waals surface area contributed by atoms with Crippen LogP contribution < -0.4 is 0 Å². The third-order valence-corrected chi connectivity index (χ3v) is 2.82. The van der Waals surface area contributed by atoms with E-state index in [1.165, 1.54) is 11.8 Å². The van der Waals surface area contributed by atoms with Crippen LogP contribution in [-0.4, -0.2) is 29.9 Å². The van der Waals surface area contributed by atoms with Crippen LogP contribution in [0, 0.1) is 0 Å². The maximum atomic E-state index is 11.5. The zero-order chi connectivity index (χ0) is 12.7. The highest BCUT2D eigenvalue weighted by Gasteiger charge is 2.02. The van der Waals surface area contributed by atoms with Gasteiger partial charge in [0.05, 0.1) is 5.94 Å². The lowest BCUT2D eigenvalue weighted by Crippen LogP contribution is -1.96. The first-order chi connectivity index (χ1) is 8.13. The molecular weight excluding hydrogens is 240 g/mol. The van der Waals surface area contributed by atoms with Crippen molar-refractivity contribution in [3.05, 3.63) is 42.0 Å². The minimum Gasteiger partial charge on any atom is -0.478 e. The van der Waals surface area contributed by atoms with Crippen LogP contribution in [0.2, 0.25) is 0 Å². The van der Waals surface area contributed by atoms with Gasteiger partial charge in [-0.2, -0.15) is 0 Å². The van der Waals surface area contributed by atoms with Gasteiger partial charge in [-0.25, -0.2) is 4.79 Å². The maximum Gasteiger partial charge on any atom is 0.328 e. The van der Waals surface area contributed by atoms with Crippen molar-refractivity contribution in [2.45, 2.75) is 4.90 Å². The molecule has 0 radical (unpaired) electrons. The van der Waals surface area contributed by atoms with Crippen molar-refractivity contribution in [2.75, 3.05) is 13.0 Å². The summed E-state index contributed by atoms with van der Waals surface area (Å²) in [5.41, 5.74) is 0.462. The maximum absolute atomic E-state index is 11.5. The Hall–Kier alpha value is -1.59. The highest BCUT2D eigenvalue weighted by Crippen LogP contribution is 2.18. The second kappa shape index (κ2) is 6.88. The first kappa shape index (κ1) is 13.5. The topological polar surface area (TPSA) is 63.6 Å². The second-order valence-corrected chi connectivity index (χ2v) is 4.11. The molecule has 90 valence electrons. The van der Waals surface area contributed by atoms with Gasteiger partial charge in [-0.15, -0.1) is 0 Å². The van der Waals surface area contributed by atoms with Crippen molar-refractivity contribution < 1.29 is 19.4 Å². The number of hydrogen-bond donors (Lipinski definition) is 1. The third kappa shape index (κ3) is 4.84. The number of carbonyl (C=O) groups is 2. The van der Waals surface area contributed by atoms with E-state index >= 15 is 0 Å². The number of carbonyl (C=O) groups excluding carboxylic acids is 1. The van der Waals surface area contributed by atoms with Gasteiger partial charge in [0.15, 0.2) is 5.78 Å². The number of thioether (sulfide) groups is 1. The van der Waals surface area contributed by atoms with Crippen LogP contribution in [0.1, 0.15) is 10.4 Å². The van der Waals surface area contributed by atoms with Crippen molar-refractivity contribution in [1.29, 1.82) is 0 Å². The zero-order valence-corrected chi connectivity index (χ0v) is 10.1. The molecule has 1 aromatic rings. The summed E-state index contributed by atoms with van der Waals surface area (Å²) in [6.07, 6.45) is 1.87. The standard InChI is InChI=1S/C12H12O4S/c1-16-8-17-10-4-2-9(3-5-10)11(13)6-7-12(14)15/h2-7H,8H2,1H3,(H,14,15)/b7-6+. The molecule has 0 aliphatic heterocycles. The quantitative estimate of drug-likeness (QED) is 0.364. The number of aliphatic carboxylic acids is 1. The van der Waals surface area contributed by atoms with Crippen molar-refractivity contribution in [1.82, 2.24) is 0 Å². The molecule has 0 saturated carbocycles. The van der Waals surface area contributed by atoms with E-state index in [0.29, 0.717) is 11.5 Å². The average Bonchev–Trinajstić information content (AvgIpc) is 2.34. The molecule has 0 aliphatic rings. The van der Waals surface area contributed by atoms with Crippen molar-refractivity contribution in [2.24, 2.45) is 0 Å². The molecule has 17 heavy (non-hydrogen) atoms. The highest BCUT2D eigenvalue weighted by molar-refractivity contribution is 7.99. The Labute approximate surface area is 103 Å². The molecule has 0 amide bonds. The summed E-state index contributed by atoms with van der Waals surface area (Å²) in [7, 11) is 1.61. The molecule has 0 saturated heterocycles. The number of ether oxygens (including phenoxy) is 1. The monoisotopic (exact) mass is 252 g/mol. The predicted octanol–water partition coefficient (Wildman–Crippen LogP) is 2.21. The van der Waals surface area contributed by atoms with Crippen molar-refractivity contribution >= 4 is 23.5 Å². The van der Waals surface area contributed by atoms with Gasteiger partial charge in [0.2, 0.25) is 0 Å². The van der Waals surface area contributed by atoms with E-state index in [9.17, 15) is 9.59 Å². The molecule has 0 fully saturated rings. The molecule has 5 heteroatoms. The molecule has 0 spiro atoms. The molecule has 1 aromatic carbocycles. The minimum atomic E-state index is -1.13. The fraction of sp³-hybridized carbons (Fsp3) is 0.167. The van der Waals surface area contributed by atoms with Crippen LogP contribution >= 0.6 is 11.8 Å². The van der Waals surface area contributed by atoms with Gasteiger partial charge in [-0.05, 0) is 30.3 Å². The van der Waals surface area contributed by atoms with E-state index in [-0.39, 0.29) is 5.78 Å². The molecule has 0 bridgehead atoms. The molecule has 0 aliphatic carbocycles. The summed E-state index contributed by atoms with van der Waals surface area (Å²) in [6, 6.07) is 6.91. The van der Waals surface area contributed by atoms with E-state index in [1.807, 2.05) is 0 Å². The van der Waals surface area contributed by atoms with Gasteiger partial charge in [-0.1, -0.05) is 11.8 Å². The number of carboxylic acids is 1. The normalized spacial score (nSPS) is 10.6. The van der Waals surface area contributed by atoms with Gasteiger partial charge in [-0.3, -0.25) is 4.79 Å². The number of rotatable bonds is 6. The summed E-state index contributed by atoms with van der Waals surface area (Å²) in [4.78, 5) is 22.7. The van der Waals surface area contributed by atoms with Crippen molar-refractivity contribution in [3.8, 4) is 0 Å². The summed E-state index contributed by atoms with van der Waals surface area (Å²) >= 11 is 1.51. The van der Waals surface area contributed by atoms with Crippen LogP contribution in [-0.2, 0) is 9.53 Å². The summed E-state index contributed by atoms with van der Waals surface area (Å²) in [6.45, 7) is 0. The number of hydrogen-bond acceptors (Lipinski definition) is 4. The van der Waals surface area contributed by atoms with Crippen LogP contribution in [0.5, 0.6) is 0 Å². The van der Waals surface area contributed by atoms with Gasteiger partial charge in [0.25, 0.3) is 0 Å². The SMILES string of the molecule is COCSc1ccc(C(=O)/C=C/C(=O)O)cc1. The van der Waals surface area contributed by atoms with E-state index in [4.69, 9.17) is 9.84 Å². The lowest BCUT2D eigenvalue weighted by molar-refractivity contribution is -0.131. The zero-order valence-electron chi connectivity index (χ0n) is 9.25. The van der Waals surface area contributed by atoms with Crippen LogP contribution in [0.25, 0.3) is 0 Å². The molecule has 0 heterocycles. The molecule has 0 unspecified atom stereocenters. The molecule has 4 nitrogen and oxygen atoms in total. The first-order valence-electron chi connectivity index (χ1n) is 4.80. The summed E-state index contributed by atoms with van der Waals surface area (Å²) < 4.78 is 4.91. The summed E-state index contributed by atoms with van der Waals surface area (Å²) in [5, 5.41) is 8.39. The number of allylic oxidation sites excluding steroid dienone is 1. The van der Waals surface area contributed by atoms with Gasteiger partial charge in [0, 0.05) is 23.6 Å². The Balaban J connectivity index is 2.67. The van der Waals surface area contributed by atoms with Gasteiger partial charge in [0.1, 0.15) is 0 Å². The highest BCUT2D eigenvalue weighted by atomic mass is 32.2. The van der Waals surface area contributed by atoms with E-state index in [2.05, 4.69) is 0 Å². The molecule has 1 rings (SSSR count). The Morgan fingerprint density at radius 2 is 1.94 bits per heavy atom. The molecule has 0 atom stereocenters. The fourth-order valence-electron chi connectivity index (χ4n) is 1.09. The largest absolute Gasteiger partial charge is 0.478 e. The van der Waals surface area contributed by atoms with Gasteiger partial charge < -0.3 is 9.84 Å². The smallest absolute Gasteiger partial charge is 0.328 e. The minimum absolute atomic E-state index is 0.323.